The summed E-state index contributed by atoms with van der Waals surface area (Å²) in [6.45, 7) is 9.31. The second kappa shape index (κ2) is 10.9. The Labute approximate surface area is 150 Å². The largest absolute Gasteiger partial charge is 0.376 e. The predicted molar refractivity (Wildman–Crippen MR) is 103 cm³/mol. The number of hydrogen-bond donors (Lipinski definition) is 1. The fourth-order valence-corrected chi connectivity index (χ4v) is 3.90. The minimum atomic E-state index is 0. The van der Waals surface area contributed by atoms with Crippen LogP contribution in [0.2, 0.25) is 0 Å². The van der Waals surface area contributed by atoms with Gasteiger partial charge in [0.05, 0.1) is 12.6 Å². The van der Waals surface area contributed by atoms with Gasteiger partial charge in [-0.05, 0) is 32.6 Å². The fraction of sp³-hybridized carbons (Fsp3) is 0.933. The van der Waals surface area contributed by atoms with Crippen LogP contribution >= 0.6 is 35.7 Å². The smallest absolute Gasteiger partial charge is 0.194 e. The third-order valence-electron chi connectivity index (χ3n) is 3.95. The number of aliphatic imine (C=N–C) groups is 1. The lowest BCUT2D eigenvalue weighted by Gasteiger charge is -2.34. The molecule has 0 bridgehead atoms. The van der Waals surface area contributed by atoms with E-state index in [0.717, 1.165) is 50.4 Å². The van der Waals surface area contributed by atoms with Gasteiger partial charge in [-0.15, -0.1) is 24.0 Å². The highest BCUT2D eigenvalue weighted by molar-refractivity contribution is 14.0. The summed E-state index contributed by atoms with van der Waals surface area (Å²) in [4.78, 5) is 7.25. The van der Waals surface area contributed by atoms with Gasteiger partial charge in [-0.3, -0.25) is 4.99 Å². The maximum atomic E-state index is 5.78. The van der Waals surface area contributed by atoms with Crippen LogP contribution in [-0.2, 0) is 4.74 Å². The van der Waals surface area contributed by atoms with Gasteiger partial charge in [0.25, 0.3) is 0 Å². The third kappa shape index (κ3) is 6.52. The van der Waals surface area contributed by atoms with Gasteiger partial charge in [0, 0.05) is 37.2 Å². The monoisotopic (exact) mass is 427 g/mol. The van der Waals surface area contributed by atoms with E-state index >= 15 is 0 Å². The second-order valence-corrected chi connectivity index (χ2v) is 6.94. The van der Waals surface area contributed by atoms with Crippen molar-refractivity contribution in [2.75, 3.05) is 38.5 Å². The van der Waals surface area contributed by atoms with Gasteiger partial charge in [-0.2, -0.15) is 11.8 Å². The highest BCUT2D eigenvalue weighted by Gasteiger charge is 2.22. The highest BCUT2D eigenvalue weighted by Crippen LogP contribution is 2.21. The van der Waals surface area contributed by atoms with Crippen molar-refractivity contribution in [3.8, 4) is 0 Å². The first-order valence-corrected chi connectivity index (χ1v) is 9.14. The van der Waals surface area contributed by atoms with Gasteiger partial charge in [0.15, 0.2) is 5.96 Å². The van der Waals surface area contributed by atoms with Crippen molar-refractivity contribution in [2.24, 2.45) is 4.99 Å². The number of guanidine groups is 1. The van der Waals surface area contributed by atoms with Crippen molar-refractivity contribution in [3.63, 3.8) is 0 Å². The molecule has 0 aromatic heterocycles. The van der Waals surface area contributed by atoms with Gasteiger partial charge < -0.3 is 15.0 Å². The Balaban J connectivity index is 0.00000220. The lowest BCUT2D eigenvalue weighted by Crippen LogP contribution is -2.48. The Morgan fingerprint density at radius 1 is 1.38 bits per heavy atom. The van der Waals surface area contributed by atoms with E-state index in [1.807, 2.05) is 0 Å². The molecule has 0 amide bonds. The van der Waals surface area contributed by atoms with E-state index in [1.165, 1.54) is 25.0 Å². The first kappa shape index (κ1) is 19.4. The zero-order chi connectivity index (χ0) is 14.2. The summed E-state index contributed by atoms with van der Waals surface area (Å²) in [7, 11) is 0. The molecular weight excluding hydrogens is 397 g/mol. The van der Waals surface area contributed by atoms with Crippen LogP contribution in [-0.4, -0.2) is 60.8 Å². The normalized spacial score (nSPS) is 27.1. The maximum absolute atomic E-state index is 5.78. The molecule has 1 N–H and O–H groups in total. The topological polar surface area (TPSA) is 36.9 Å². The number of nitrogens with zero attached hydrogens (tertiary/aromatic N) is 2. The molecule has 0 radical (unpaired) electrons. The average Bonchev–Trinajstić information content (AvgIpc) is 2.52. The molecule has 2 aliphatic heterocycles. The van der Waals surface area contributed by atoms with Crippen molar-refractivity contribution in [1.29, 1.82) is 0 Å². The molecule has 6 heteroatoms. The van der Waals surface area contributed by atoms with Crippen LogP contribution in [0.25, 0.3) is 0 Å². The van der Waals surface area contributed by atoms with Gasteiger partial charge in [0.2, 0.25) is 0 Å². The van der Waals surface area contributed by atoms with Gasteiger partial charge >= 0.3 is 0 Å². The minimum Gasteiger partial charge on any atom is -0.376 e. The Morgan fingerprint density at radius 2 is 2.24 bits per heavy atom. The standard InChI is InChI=1S/C15H29N3OS.HI/c1-3-14-12-18(8-10-20-14)15(16-4-2)17-11-13-7-5-6-9-19-13;/h13-14H,3-12H2,1-2H3,(H,16,17);1H. The van der Waals surface area contributed by atoms with E-state index in [4.69, 9.17) is 9.73 Å². The molecule has 124 valence electrons. The molecule has 2 heterocycles. The SMILES string of the molecule is CCNC(=NCC1CCCCO1)N1CCSC(CC)C1.I. The van der Waals surface area contributed by atoms with E-state index < -0.39 is 0 Å². The molecule has 21 heavy (non-hydrogen) atoms. The zero-order valence-corrected chi connectivity index (χ0v) is 16.5. The quantitative estimate of drug-likeness (QED) is 0.425. The summed E-state index contributed by atoms with van der Waals surface area (Å²) in [6.07, 6.45) is 5.23. The number of ether oxygens (including phenoxy) is 1. The number of halogens is 1. The van der Waals surface area contributed by atoms with Crippen LogP contribution < -0.4 is 5.32 Å². The molecule has 0 aromatic carbocycles. The number of hydrogen-bond acceptors (Lipinski definition) is 3. The van der Waals surface area contributed by atoms with E-state index in [2.05, 4.69) is 35.8 Å². The Morgan fingerprint density at radius 3 is 2.90 bits per heavy atom. The second-order valence-electron chi connectivity index (χ2n) is 5.53. The minimum absolute atomic E-state index is 0. The number of thioether (sulfide) groups is 1. The molecule has 2 atom stereocenters. The van der Waals surface area contributed by atoms with E-state index in [-0.39, 0.29) is 24.0 Å². The molecule has 2 rings (SSSR count). The summed E-state index contributed by atoms with van der Waals surface area (Å²) in [5.41, 5.74) is 0. The van der Waals surface area contributed by atoms with E-state index in [9.17, 15) is 0 Å². The summed E-state index contributed by atoms with van der Waals surface area (Å²) in [6, 6.07) is 0. The summed E-state index contributed by atoms with van der Waals surface area (Å²) in [5.74, 6) is 2.29. The Bertz CT molecular complexity index is 311. The molecule has 2 unspecified atom stereocenters. The van der Waals surface area contributed by atoms with Gasteiger partial charge in [-0.1, -0.05) is 6.92 Å². The van der Waals surface area contributed by atoms with Crippen molar-refractivity contribution in [1.82, 2.24) is 10.2 Å². The van der Waals surface area contributed by atoms with Crippen LogP contribution in [0.1, 0.15) is 39.5 Å². The van der Waals surface area contributed by atoms with Crippen molar-refractivity contribution < 1.29 is 4.74 Å². The van der Waals surface area contributed by atoms with Crippen LogP contribution in [0.15, 0.2) is 4.99 Å². The molecule has 2 saturated heterocycles. The average molecular weight is 427 g/mol. The first-order valence-electron chi connectivity index (χ1n) is 8.10. The van der Waals surface area contributed by atoms with Gasteiger partial charge in [0.1, 0.15) is 0 Å². The van der Waals surface area contributed by atoms with Crippen molar-refractivity contribution >= 4 is 41.7 Å². The van der Waals surface area contributed by atoms with Crippen molar-refractivity contribution in [2.45, 2.75) is 50.9 Å². The lowest BCUT2D eigenvalue weighted by molar-refractivity contribution is 0.0223. The number of rotatable bonds is 4. The van der Waals surface area contributed by atoms with Crippen LogP contribution in [0, 0.1) is 0 Å². The molecule has 0 aliphatic carbocycles. The van der Waals surface area contributed by atoms with Crippen LogP contribution in [0.5, 0.6) is 0 Å². The lowest BCUT2D eigenvalue weighted by atomic mass is 10.1. The van der Waals surface area contributed by atoms with Crippen LogP contribution in [0.3, 0.4) is 0 Å². The van der Waals surface area contributed by atoms with Crippen LogP contribution in [0.4, 0.5) is 0 Å². The predicted octanol–water partition coefficient (Wildman–Crippen LogP) is 2.97. The van der Waals surface area contributed by atoms with E-state index in [0.29, 0.717) is 6.10 Å². The van der Waals surface area contributed by atoms with E-state index in [1.54, 1.807) is 0 Å². The molecule has 0 aromatic rings. The van der Waals surface area contributed by atoms with Crippen molar-refractivity contribution in [3.05, 3.63) is 0 Å². The summed E-state index contributed by atoms with van der Waals surface area (Å²) >= 11 is 2.10. The fourth-order valence-electron chi connectivity index (χ4n) is 2.72. The van der Waals surface area contributed by atoms with Gasteiger partial charge in [-0.25, -0.2) is 0 Å². The number of nitrogens with one attached hydrogen (secondary N) is 1. The first-order chi connectivity index (χ1) is 9.83. The molecule has 4 nitrogen and oxygen atoms in total. The Hall–Kier alpha value is 0.310. The molecular formula is C15H30IN3OS. The summed E-state index contributed by atoms with van der Waals surface area (Å²) < 4.78 is 5.78. The third-order valence-corrected chi connectivity index (χ3v) is 5.32. The highest BCUT2D eigenvalue weighted by atomic mass is 127. The maximum Gasteiger partial charge on any atom is 0.194 e. The molecule has 2 aliphatic rings. The molecule has 0 spiro atoms. The zero-order valence-electron chi connectivity index (χ0n) is 13.3. The molecule has 0 saturated carbocycles. The summed E-state index contributed by atoms with van der Waals surface area (Å²) in [5, 5.41) is 4.20. The molecule has 2 fully saturated rings. The Kier molecular flexibility index (Phi) is 10.1.